The minimum atomic E-state index is -0.0295. The highest BCUT2D eigenvalue weighted by Crippen LogP contribution is 2.24. The maximum Gasteiger partial charge on any atom is 0.196 e. The van der Waals surface area contributed by atoms with Crippen molar-refractivity contribution in [1.82, 2.24) is 14.8 Å². The summed E-state index contributed by atoms with van der Waals surface area (Å²) in [6.07, 6.45) is 1.60. The van der Waals surface area contributed by atoms with Gasteiger partial charge in [-0.25, -0.2) is 0 Å². The summed E-state index contributed by atoms with van der Waals surface area (Å²) in [4.78, 5) is 12.4. The van der Waals surface area contributed by atoms with E-state index in [0.717, 1.165) is 5.69 Å². The van der Waals surface area contributed by atoms with E-state index in [4.69, 9.17) is 16.3 Å². The third kappa shape index (κ3) is 3.60. The lowest BCUT2D eigenvalue weighted by molar-refractivity contribution is 0.101. The number of Topliss-reactive ketones (excluding diaryl/α,β-unsaturated/α-hetero) is 1. The Kier molecular flexibility index (Phi) is 5.17. The number of methoxy groups -OCH3 is 1. The van der Waals surface area contributed by atoms with Crippen molar-refractivity contribution in [1.29, 1.82) is 0 Å². The molecule has 122 valence electrons. The number of para-hydroxylation sites is 1. The monoisotopic (exact) mass is 359 g/mol. The van der Waals surface area contributed by atoms with Crippen LogP contribution in [0.2, 0.25) is 5.02 Å². The Morgan fingerprint density at radius 3 is 2.88 bits per heavy atom. The second kappa shape index (κ2) is 7.51. The highest BCUT2D eigenvalue weighted by Gasteiger charge is 2.14. The quantitative estimate of drug-likeness (QED) is 0.493. The Hall–Kier alpha value is -2.31. The second-order valence-electron chi connectivity index (χ2n) is 4.88. The van der Waals surface area contributed by atoms with Crippen LogP contribution < -0.4 is 4.74 Å². The van der Waals surface area contributed by atoms with Crippen LogP contribution in [0.3, 0.4) is 0 Å². The van der Waals surface area contributed by atoms with E-state index < -0.39 is 0 Å². The van der Waals surface area contributed by atoms with Gasteiger partial charge in [-0.15, -0.1) is 10.2 Å². The second-order valence-corrected chi connectivity index (χ2v) is 6.25. The molecule has 0 bridgehead atoms. The van der Waals surface area contributed by atoms with Gasteiger partial charge in [-0.1, -0.05) is 41.6 Å². The first-order valence-corrected chi connectivity index (χ1v) is 8.50. The minimum Gasteiger partial charge on any atom is -0.496 e. The van der Waals surface area contributed by atoms with Gasteiger partial charge in [-0.2, -0.15) is 0 Å². The zero-order valence-electron chi connectivity index (χ0n) is 12.8. The average molecular weight is 360 g/mol. The molecule has 0 N–H and O–H groups in total. The van der Waals surface area contributed by atoms with E-state index in [1.54, 1.807) is 36.2 Å². The Bertz CT molecular complexity index is 866. The predicted molar refractivity (Wildman–Crippen MR) is 94.4 cm³/mol. The van der Waals surface area contributed by atoms with Crippen molar-refractivity contribution in [3.05, 3.63) is 65.4 Å². The first-order chi connectivity index (χ1) is 11.7. The molecule has 5 nitrogen and oxygen atoms in total. The smallest absolute Gasteiger partial charge is 0.196 e. The fourth-order valence-electron chi connectivity index (χ4n) is 2.21. The fraction of sp³-hybridized carbons (Fsp3) is 0.118. The zero-order chi connectivity index (χ0) is 16.9. The van der Waals surface area contributed by atoms with E-state index in [1.165, 1.54) is 11.8 Å². The Morgan fingerprint density at radius 1 is 1.25 bits per heavy atom. The summed E-state index contributed by atoms with van der Waals surface area (Å²) in [5.41, 5.74) is 1.40. The number of carbonyl (C=O) groups is 1. The molecule has 0 spiro atoms. The van der Waals surface area contributed by atoms with Crippen LogP contribution in [0.4, 0.5) is 0 Å². The van der Waals surface area contributed by atoms with Gasteiger partial charge in [0.05, 0.1) is 24.1 Å². The molecule has 0 aliphatic rings. The summed E-state index contributed by atoms with van der Waals surface area (Å²) in [5, 5.41) is 9.26. The summed E-state index contributed by atoms with van der Waals surface area (Å²) in [7, 11) is 1.55. The molecule has 0 saturated heterocycles. The molecule has 7 heteroatoms. The minimum absolute atomic E-state index is 0.0295. The molecule has 0 aliphatic carbocycles. The number of ether oxygens (including phenoxy) is 1. The normalized spacial score (nSPS) is 10.6. The number of rotatable bonds is 6. The van der Waals surface area contributed by atoms with Gasteiger partial charge in [0.25, 0.3) is 0 Å². The Labute approximate surface area is 148 Å². The number of carbonyl (C=O) groups excluding carboxylic acids is 1. The molecule has 0 aliphatic heterocycles. The van der Waals surface area contributed by atoms with Crippen LogP contribution in [0, 0.1) is 0 Å². The highest BCUT2D eigenvalue weighted by atomic mass is 35.5. The van der Waals surface area contributed by atoms with Gasteiger partial charge in [-0.05, 0) is 30.3 Å². The molecule has 3 aromatic rings. The van der Waals surface area contributed by atoms with E-state index in [0.29, 0.717) is 21.5 Å². The average Bonchev–Trinajstić information content (AvgIpc) is 3.08. The van der Waals surface area contributed by atoms with Crippen LogP contribution in [0.5, 0.6) is 5.75 Å². The fourth-order valence-corrected chi connectivity index (χ4v) is 3.21. The lowest BCUT2D eigenvalue weighted by Crippen LogP contribution is -2.06. The molecule has 3 rings (SSSR count). The van der Waals surface area contributed by atoms with E-state index in [2.05, 4.69) is 10.2 Å². The predicted octanol–water partition coefficient (Wildman–Crippen LogP) is 3.90. The van der Waals surface area contributed by atoms with Gasteiger partial charge in [0, 0.05) is 5.02 Å². The van der Waals surface area contributed by atoms with Crippen LogP contribution >= 0.6 is 23.4 Å². The molecule has 0 atom stereocenters. The first kappa shape index (κ1) is 16.5. The van der Waals surface area contributed by atoms with E-state index in [-0.39, 0.29) is 11.5 Å². The van der Waals surface area contributed by atoms with E-state index in [9.17, 15) is 4.79 Å². The van der Waals surface area contributed by atoms with Gasteiger partial charge in [0.15, 0.2) is 10.9 Å². The molecule has 0 saturated carbocycles. The van der Waals surface area contributed by atoms with Gasteiger partial charge in [0.2, 0.25) is 0 Å². The van der Waals surface area contributed by atoms with Crippen molar-refractivity contribution in [3.63, 3.8) is 0 Å². The van der Waals surface area contributed by atoms with E-state index >= 15 is 0 Å². The Morgan fingerprint density at radius 2 is 2.08 bits per heavy atom. The standard InChI is InChI=1S/C17H14ClN3O2S/c1-23-16-8-3-2-7-14(16)15(22)10-24-17-20-19-11-21(17)13-6-4-5-12(18)9-13/h2-9,11H,10H2,1H3. The van der Waals surface area contributed by atoms with Gasteiger partial charge in [0.1, 0.15) is 12.1 Å². The molecule has 2 aromatic carbocycles. The lowest BCUT2D eigenvalue weighted by Gasteiger charge is -2.08. The SMILES string of the molecule is COc1ccccc1C(=O)CSc1nncn1-c1cccc(Cl)c1. The summed E-state index contributed by atoms with van der Waals surface area (Å²) >= 11 is 7.34. The molecule has 0 amide bonds. The van der Waals surface area contributed by atoms with Crippen LogP contribution in [0.25, 0.3) is 5.69 Å². The maximum absolute atomic E-state index is 12.4. The summed E-state index contributed by atoms with van der Waals surface area (Å²) in [6, 6.07) is 14.5. The Balaban J connectivity index is 1.76. The third-order valence-electron chi connectivity index (χ3n) is 3.34. The van der Waals surface area contributed by atoms with E-state index in [1.807, 2.05) is 30.3 Å². The topological polar surface area (TPSA) is 57.0 Å². The van der Waals surface area contributed by atoms with Crippen LogP contribution in [0.15, 0.2) is 60.0 Å². The van der Waals surface area contributed by atoms with Gasteiger partial charge in [-0.3, -0.25) is 9.36 Å². The summed E-state index contributed by atoms with van der Waals surface area (Å²) < 4.78 is 7.03. The molecule has 0 radical (unpaired) electrons. The zero-order valence-corrected chi connectivity index (χ0v) is 14.4. The maximum atomic E-state index is 12.4. The number of thioether (sulfide) groups is 1. The van der Waals surface area contributed by atoms with Crippen molar-refractivity contribution in [2.45, 2.75) is 5.16 Å². The molecule has 1 heterocycles. The number of aromatic nitrogens is 3. The van der Waals surface area contributed by atoms with Crippen LogP contribution in [0.1, 0.15) is 10.4 Å². The molecular weight excluding hydrogens is 346 g/mol. The largest absolute Gasteiger partial charge is 0.496 e. The van der Waals surface area contributed by atoms with Crippen molar-refractivity contribution in [2.24, 2.45) is 0 Å². The van der Waals surface area contributed by atoms with Crippen molar-refractivity contribution >= 4 is 29.1 Å². The van der Waals surface area contributed by atoms with Crippen LogP contribution in [-0.4, -0.2) is 33.4 Å². The molecule has 24 heavy (non-hydrogen) atoms. The van der Waals surface area contributed by atoms with Crippen LogP contribution in [-0.2, 0) is 0 Å². The highest BCUT2D eigenvalue weighted by molar-refractivity contribution is 7.99. The first-order valence-electron chi connectivity index (χ1n) is 7.14. The lowest BCUT2D eigenvalue weighted by atomic mass is 10.1. The number of nitrogens with zero attached hydrogens (tertiary/aromatic N) is 3. The van der Waals surface area contributed by atoms with Crippen molar-refractivity contribution < 1.29 is 9.53 Å². The number of hydrogen-bond acceptors (Lipinski definition) is 5. The summed E-state index contributed by atoms with van der Waals surface area (Å²) in [6.45, 7) is 0. The number of ketones is 1. The third-order valence-corrected chi connectivity index (χ3v) is 4.52. The van der Waals surface area contributed by atoms with Gasteiger partial charge >= 0.3 is 0 Å². The van der Waals surface area contributed by atoms with Crippen molar-refractivity contribution in [3.8, 4) is 11.4 Å². The van der Waals surface area contributed by atoms with Gasteiger partial charge < -0.3 is 4.74 Å². The molecule has 1 aromatic heterocycles. The molecule has 0 fully saturated rings. The number of hydrogen-bond donors (Lipinski definition) is 0. The number of benzene rings is 2. The summed E-state index contributed by atoms with van der Waals surface area (Å²) in [5.74, 6) is 0.775. The number of halogens is 1. The molecule has 0 unspecified atom stereocenters. The molecular formula is C17H14ClN3O2S. The van der Waals surface area contributed by atoms with Crippen molar-refractivity contribution in [2.75, 3.05) is 12.9 Å².